The maximum atomic E-state index is 10.2. The van der Waals surface area contributed by atoms with Crippen LogP contribution in [0.3, 0.4) is 0 Å². The fraction of sp³-hybridized carbons (Fsp3) is 0.833. The van der Waals surface area contributed by atoms with Gasteiger partial charge in [-0.1, -0.05) is 20.8 Å². The number of aliphatic hydroxyl groups is 1. The van der Waals surface area contributed by atoms with Crippen LogP contribution in [0.5, 0.6) is 0 Å². The molecule has 1 rings (SSSR count). The average molecular weight is 240 g/mol. The van der Waals surface area contributed by atoms with Crippen LogP contribution in [-0.4, -0.2) is 32.5 Å². The lowest BCUT2D eigenvalue weighted by atomic mass is 9.88. The van der Waals surface area contributed by atoms with Crippen molar-refractivity contribution in [2.24, 2.45) is 17.6 Å². The molecule has 0 aliphatic heterocycles. The summed E-state index contributed by atoms with van der Waals surface area (Å²) >= 11 is 0. The van der Waals surface area contributed by atoms with E-state index < -0.39 is 6.10 Å². The summed E-state index contributed by atoms with van der Waals surface area (Å²) in [4.78, 5) is 4.20. The molecule has 98 valence electrons. The number of hydrogen-bond acceptors (Lipinski definition) is 4. The molecular weight excluding hydrogens is 216 g/mol. The summed E-state index contributed by atoms with van der Waals surface area (Å²) in [6.07, 6.45) is 2.64. The summed E-state index contributed by atoms with van der Waals surface area (Å²) in [5, 5.41) is 14.3. The van der Waals surface area contributed by atoms with Gasteiger partial charge in [-0.3, -0.25) is 4.68 Å². The first-order chi connectivity index (χ1) is 8.10. The first kappa shape index (κ1) is 14.1. The van der Waals surface area contributed by atoms with Crippen LogP contribution >= 0.6 is 0 Å². The van der Waals surface area contributed by atoms with E-state index in [-0.39, 0.29) is 5.92 Å². The van der Waals surface area contributed by atoms with E-state index >= 15 is 0 Å². The Kier molecular flexibility index (Phi) is 5.58. The molecular formula is C12H24N4O. The van der Waals surface area contributed by atoms with Gasteiger partial charge in [-0.15, -0.1) is 0 Å². The molecule has 1 aromatic rings. The lowest BCUT2D eigenvalue weighted by Crippen LogP contribution is -2.34. The summed E-state index contributed by atoms with van der Waals surface area (Å²) in [5.41, 5.74) is 5.70. The molecule has 0 aliphatic rings. The number of rotatable bonds is 7. The fourth-order valence-electron chi connectivity index (χ4n) is 2.06. The van der Waals surface area contributed by atoms with Crippen LogP contribution in [0.1, 0.15) is 33.0 Å². The summed E-state index contributed by atoms with van der Waals surface area (Å²) in [5.74, 6) is 1.33. The van der Waals surface area contributed by atoms with E-state index in [2.05, 4.69) is 30.9 Å². The highest BCUT2D eigenvalue weighted by Gasteiger charge is 2.23. The first-order valence-electron chi connectivity index (χ1n) is 6.34. The maximum absolute atomic E-state index is 10.2. The van der Waals surface area contributed by atoms with Gasteiger partial charge < -0.3 is 10.8 Å². The third-order valence-corrected chi connectivity index (χ3v) is 3.15. The Hall–Kier alpha value is -0.940. The van der Waals surface area contributed by atoms with Gasteiger partial charge in [-0.25, -0.2) is 4.98 Å². The molecule has 17 heavy (non-hydrogen) atoms. The second kappa shape index (κ2) is 6.71. The van der Waals surface area contributed by atoms with Crippen LogP contribution in [0.2, 0.25) is 0 Å². The number of aromatic nitrogens is 3. The van der Waals surface area contributed by atoms with Crippen molar-refractivity contribution in [3.63, 3.8) is 0 Å². The Labute approximate surface area is 103 Å². The van der Waals surface area contributed by atoms with Crippen LogP contribution in [-0.2, 0) is 13.0 Å². The van der Waals surface area contributed by atoms with Crippen molar-refractivity contribution in [3.8, 4) is 0 Å². The van der Waals surface area contributed by atoms with E-state index in [4.69, 9.17) is 5.73 Å². The second-order valence-corrected chi connectivity index (χ2v) is 4.81. The predicted molar refractivity (Wildman–Crippen MR) is 67.4 cm³/mol. The molecule has 3 N–H and O–H groups in total. The van der Waals surface area contributed by atoms with E-state index in [0.29, 0.717) is 18.9 Å². The number of hydrogen-bond donors (Lipinski definition) is 2. The molecule has 0 saturated heterocycles. The van der Waals surface area contributed by atoms with Crippen LogP contribution in [0.15, 0.2) is 6.33 Å². The maximum Gasteiger partial charge on any atom is 0.138 e. The molecule has 2 unspecified atom stereocenters. The first-order valence-corrected chi connectivity index (χ1v) is 6.34. The second-order valence-electron chi connectivity index (χ2n) is 4.81. The molecule has 1 aromatic heterocycles. The van der Waals surface area contributed by atoms with Gasteiger partial charge >= 0.3 is 0 Å². The van der Waals surface area contributed by atoms with Gasteiger partial charge in [-0.2, -0.15) is 5.10 Å². The Bertz CT molecular complexity index is 324. The molecule has 5 nitrogen and oxygen atoms in total. The Morgan fingerprint density at radius 3 is 2.71 bits per heavy atom. The summed E-state index contributed by atoms with van der Waals surface area (Å²) in [6.45, 7) is 7.60. The minimum absolute atomic E-state index is 0.113. The number of aliphatic hydroxyl groups excluding tert-OH is 1. The lowest BCUT2D eigenvalue weighted by molar-refractivity contribution is 0.0835. The van der Waals surface area contributed by atoms with Crippen molar-refractivity contribution in [2.45, 2.75) is 46.3 Å². The molecule has 0 radical (unpaired) electrons. The zero-order valence-corrected chi connectivity index (χ0v) is 11.0. The minimum Gasteiger partial charge on any atom is -0.392 e. The van der Waals surface area contributed by atoms with E-state index in [9.17, 15) is 5.11 Å². The topological polar surface area (TPSA) is 77.0 Å². The van der Waals surface area contributed by atoms with Gasteiger partial charge in [0.05, 0.1) is 6.10 Å². The van der Waals surface area contributed by atoms with Crippen molar-refractivity contribution >= 4 is 0 Å². The Morgan fingerprint density at radius 2 is 2.18 bits per heavy atom. The van der Waals surface area contributed by atoms with Gasteiger partial charge in [0, 0.05) is 13.0 Å². The molecule has 0 amide bonds. The smallest absolute Gasteiger partial charge is 0.138 e. The van der Waals surface area contributed by atoms with E-state index in [1.165, 1.54) is 0 Å². The third kappa shape index (κ3) is 3.78. The minimum atomic E-state index is -0.445. The van der Waals surface area contributed by atoms with Gasteiger partial charge in [0.15, 0.2) is 0 Å². The molecule has 0 aliphatic carbocycles. The monoisotopic (exact) mass is 240 g/mol. The van der Waals surface area contributed by atoms with Crippen molar-refractivity contribution in [1.82, 2.24) is 14.8 Å². The molecule has 5 heteroatoms. The highest BCUT2D eigenvalue weighted by Crippen LogP contribution is 2.17. The van der Waals surface area contributed by atoms with E-state index in [1.807, 2.05) is 4.68 Å². The van der Waals surface area contributed by atoms with Crippen molar-refractivity contribution in [2.75, 3.05) is 6.54 Å². The van der Waals surface area contributed by atoms with Gasteiger partial charge in [0.25, 0.3) is 0 Å². The highest BCUT2D eigenvalue weighted by molar-refractivity contribution is 4.90. The Balaban J connectivity index is 2.66. The Morgan fingerprint density at radius 1 is 1.47 bits per heavy atom. The fourth-order valence-corrected chi connectivity index (χ4v) is 2.06. The zero-order chi connectivity index (χ0) is 12.8. The van der Waals surface area contributed by atoms with Crippen molar-refractivity contribution < 1.29 is 5.11 Å². The SMILES string of the molecule is CCCn1ncnc1CC(O)C(CN)C(C)C. The quantitative estimate of drug-likeness (QED) is 0.740. The molecule has 0 saturated carbocycles. The van der Waals surface area contributed by atoms with E-state index in [1.54, 1.807) is 6.33 Å². The number of nitrogens with two attached hydrogens (primary N) is 1. The molecule has 0 spiro atoms. The predicted octanol–water partition coefficient (Wildman–Crippen LogP) is 0.822. The number of aryl methyl sites for hydroxylation is 1. The van der Waals surface area contributed by atoms with Crippen LogP contribution < -0.4 is 5.73 Å². The van der Waals surface area contributed by atoms with Crippen LogP contribution in [0.25, 0.3) is 0 Å². The molecule has 0 aromatic carbocycles. The standard InChI is InChI=1S/C12H24N4O/c1-4-5-16-12(14-8-15-16)6-11(17)10(7-13)9(2)3/h8-11,17H,4-7,13H2,1-3H3. The lowest BCUT2D eigenvalue weighted by Gasteiger charge is -2.24. The normalized spacial score (nSPS) is 15.2. The summed E-state index contributed by atoms with van der Waals surface area (Å²) in [6, 6.07) is 0. The van der Waals surface area contributed by atoms with Crippen molar-refractivity contribution in [3.05, 3.63) is 12.2 Å². The molecule has 2 atom stereocenters. The number of nitrogens with zero attached hydrogens (tertiary/aromatic N) is 3. The highest BCUT2D eigenvalue weighted by atomic mass is 16.3. The molecule has 0 bridgehead atoms. The van der Waals surface area contributed by atoms with E-state index in [0.717, 1.165) is 18.8 Å². The molecule has 1 heterocycles. The van der Waals surface area contributed by atoms with Gasteiger partial charge in [0.2, 0.25) is 0 Å². The van der Waals surface area contributed by atoms with Gasteiger partial charge in [0.1, 0.15) is 12.2 Å². The largest absolute Gasteiger partial charge is 0.392 e. The third-order valence-electron chi connectivity index (χ3n) is 3.15. The average Bonchev–Trinajstić information content (AvgIpc) is 2.66. The van der Waals surface area contributed by atoms with Crippen molar-refractivity contribution in [1.29, 1.82) is 0 Å². The summed E-state index contributed by atoms with van der Waals surface area (Å²) < 4.78 is 1.86. The van der Waals surface area contributed by atoms with Gasteiger partial charge in [-0.05, 0) is 24.8 Å². The molecule has 0 fully saturated rings. The summed E-state index contributed by atoms with van der Waals surface area (Å²) in [7, 11) is 0. The zero-order valence-electron chi connectivity index (χ0n) is 11.0. The van der Waals surface area contributed by atoms with Crippen LogP contribution in [0.4, 0.5) is 0 Å². The van der Waals surface area contributed by atoms with Crippen LogP contribution in [0, 0.1) is 11.8 Å².